The Kier molecular flexibility index (Phi) is 6.92. The molecule has 1 saturated carbocycles. The molecular weight excluding hydrogens is 324 g/mol. The maximum absolute atomic E-state index is 12.7. The Morgan fingerprint density at radius 2 is 2.08 bits per heavy atom. The number of hydrogen-bond acceptors (Lipinski definition) is 7. The van der Waals surface area contributed by atoms with E-state index in [1.807, 2.05) is 32.8 Å². The Balaban J connectivity index is 1.97. The first kappa shape index (κ1) is 19.4. The van der Waals surface area contributed by atoms with Crippen LogP contribution < -0.4 is 10.1 Å². The smallest absolute Gasteiger partial charge is 0.417 e. The van der Waals surface area contributed by atoms with Gasteiger partial charge >= 0.3 is 6.08 Å². The molecule has 0 spiro atoms. The average Bonchev–Trinajstić information content (AvgIpc) is 2.91. The van der Waals surface area contributed by atoms with Crippen LogP contribution in [0.25, 0.3) is 0 Å². The zero-order valence-corrected chi connectivity index (χ0v) is 15.4. The number of Topliss-reactive ketones (excluding diaryl/α,β-unsaturated/α-hetero) is 1. The maximum atomic E-state index is 12.7. The monoisotopic (exact) mass is 352 g/mol. The molecule has 140 valence electrons. The zero-order valence-electron chi connectivity index (χ0n) is 15.4. The van der Waals surface area contributed by atoms with E-state index in [0.29, 0.717) is 19.6 Å². The van der Waals surface area contributed by atoms with Gasteiger partial charge in [-0.1, -0.05) is 20.3 Å². The molecule has 1 aliphatic rings. The fourth-order valence-corrected chi connectivity index (χ4v) is 2.50. The lowest BCUT2D eigenvalue weighted by Crippen LogP contribution is -2.46. The van der Waals surface area contributed by atoms with Gasteiger partial charge in [-0.2, -0.15) is 0 Å². The number of ketones is 1. The maximum Gasteiger partial charge on any atom is 0.417 e. The fraction of sp³-hybridized carbons (Fsp3) is 0.765. The Morgan fingerprint density at radius 3 is 2.64 bits per heavy atom. The topological polar surface area (TPSA) is 97.6 Å². The van der Waals surface area contributed by atoms with Crippen LogP contribution in [-0.4, -0.2) is 60.0 Å². The number of carbonyl (C=O) groups excluding carboxylic acids is 2. The highest BCUT2D eigenvalue weighted by Gasteiger charge is 2.32. The van der Waals surface area contributed by atoms with Crippen molar-refractivity contribution in [2.45, 2.75) is 45.6 Å². The van der Waals surface area contributed by atoms with Crippen molar-refractivity contribution in [3.8, 4) is 6.08 Å². The largest absolute Gasteiger partial charge is 0.447 e. The Morgan fingerprint density at radius 1 is 1.36 bits per heavy atom. The quantitative estimate of drug-likeness (QED) is 0.638. The second-order valence-corrected chi connectivity index (χ2v) is 7.22. The van der Waals surface area contributed by atoms with Crippen molar-refractivity contribution >= 4 is 11.7 Å². The van der Waals surface area contributed by atoms with E-state index < -0.39 is 6.04 Å². The standard InChI is InChI=1S/C17H28N4O4/c1-11(2)10-13(18-16(23)12-6-5-7-12)14(22)15-19-17(25-20-15)24-9-8-21(3)4/h11-13H,5-10H2,1-4H3,(H,18,23). The molecule has 0 radical (unpaired) electrons. The summed E-state index contributed by atoms with van der Waals surface area (Å²) in [5, 5.41) is 6.56. The number of likely N-dealkylation sites (N-methyl/N-ethyl adjacent to an activating group) is 1. The van der Waals surface area contributed by atoms with E-state index >= 15 is 0 Å². The second-order valence-electron chi connectivity index (χ2n) is 7.22. The van der Waals surface area contributed by atoms with Gasteiger partial charge in [-0.3, -0.25) is 14.1 Å². The summed E-state index contributed by atoms with van der Waals surface area (Å²) in [6, 6.07) is -0.639. The lowest BCUT2D eigenvalue weighted by atomic mass is 9.84. The molecule has 25 heavy (non-hydrogen) atoms. The number of ether oxygens (including phenoxy) is 1. The van der Waals surface area contributed by atoms with E-state index in [2.05, 4.69) is 15.5 Å². The van der Waals surface area contributed by atoms with Gasteiger partial charge in [0.05, 0.1) is 6.04 Å². The number of rotatable bonds is 10. The summed E-state index contributed by atoms with van der Waals surface area (Å²) in [4.78, 5) is 30.8. The minimum atomic E-state index is -0.639. The van der Waals surface area contributed by atoms with Crippen LogP contribution in [0.4, 0.5) is 0 Å². The third-order valence-electron chi connectivity index (χ3n) is 4.21. The molecule has 8 heteroatoms. The van der Waals surface area contributed by atoms with E-state index in [0.717, 1.165) is 19.3 Å². The third-order valence-corrected chi connectivity index (χ3v) is 4.21. The number of aromatic nitrogens is 2. The van der Waals surface area contributed by atoms with E-state index in [4.69, 9.17) is 9.26 Å². The first-order valence-electron chi connectivity index (χ1n) is 8.82. The fourth-order valence-electron chi connectivity index (χ4n) is 2.50. The summed E-state index contributed by atoms with van der Waals surface area (Å²) in [6.45, 7) is 5.08. The van der Waals surface area contributed by atoms with Gasteiger partial charge in [-0.05, 0) is 44.4 Å². The van der Waals surface area contributed by atoms with Crippen LogP contribution in [0.3, 0.4) is 0 Å². The van der Waals surface area contributed by atoms with Gasteiger partial charge in [-0.15, -0.1) is 4.98 Å². The summed E-state index contributed by atoms with van der Waals surface area (Å²) < 4.78 is 10.3. The molecule has 0 aromatic carbocycles. The van der Waals surface area contributed by atoms with Crippen LogP contribution in [-0.2, 0) is 4.79 Å². The van der Waals surface area contributed by atoms with Gasteiger partial charge in [0, 0.05) is 12.5 Å². The van der Waals surface area contributed by atoms with Crippen LogP contribution in [0.2, 0.25) is 0 Å². The van der Waals surface area contributed by atoms with Crippen LogP contribution in [0.1, 0.15) is 50.1 Å². The summed E-state index contributed by atoms with van der Waals surface area (Å²) >= 11 is 0. The minimum Gasteiger partial charge on any atom is -0.447 e. The predicted molar refractivity (Wildman–Crippen MR) is 91.4 cm³/mol. The third kappa shape index (κ3) is 5.81. The van der Waals surface area contributed by atoms with Gasteiger partial charge in [-0.25, -0.2) is 0 Å². The van der Waals surface area contributed by atoms with Crippen LogP contribution in [0.15, 0.2) is 4.52 Å². The molecule has 0 saturated heterocycles. The zero-order chi connectivity index (χ0) is 18.4. The molecule has 1 fully saturated rings. The molecular formula is C17H28N4O4. The molecule has 1 heterocycles. The first-order chi connectivity index (χ1) is 11.9. The lowest BCUT2D eigenvalue weighted by Gasteiger charge is -2.27. The molecule has 1 amide bonds. The average molecular weight is 352 g/mol. The normalized spacial score (nSPS) is 15.9. The van der Waals surface area contributed by atoms with Crippen molar-refractivity contribution in [1.82, 2.24) is 20.4 Å². The van der Waals surface area contributed by atoms with Gasteiger partial charge in [0.1, 0.15) is 6.61 Å². The summed E-state index contributed by atoms with van der Waals surface area (Å²) in [6.07, 6.45) is 3.35. The summed E-state index contributed by atoms with van der Waals surface area (Å²) in [5.74, 6) is -0.181. The van der Waals surface area contributed by atoms with Crippen molar-refractivity contribution in [2.24, 2.45) is 11.8 Å². The molecule has 0 aliphatic heterocycles. The van der Waals surface area contributed by atoms with Crippen molar-refractivity contribution in [3.05, 3.63) is 5.82 Å². The van der Waals surface area contributed by atoms with E-state index in [1.54, 1.807) is 0 Å². The van der Waals surface area contributed by atoms with Crippen molar-refractivity contribution in [2.75, 3.05) is 27.2 Å². The van der Waals surface area contributed by atoms with E-state index in [1.165, 1.54) is 0 Å². The molecule has 1 N–H and O–H groups in total. The van der Waals surface area contributed by atoms with Crippen molar-refractivity contribution in [1.29, 1.82) is 0 Å². The number of amides is 1. The molecule has 1 aromatic rings. The minimum absolute atomic E-state index is 0.0256. The molecule has 1 aliphatic carbocycles. The highest BCUT2D eigenvalue weighted by atomic mass is 16.6. The molecule has 1 atom stereocenters. The summed E-state index contributed by atoms with van der Waals surface area (Å²) in [5.41, 5.74) is 0. The second kappa shape index (κ2) is 8.94. The number of carbonyl (C=O) groups is 2. The van der Waals surface area contributed by atoms with Crippen molar-refractivity contribution in [3.63, 3.8) is 0 Å². The van der Waals surface area contributed by atoms with Crippen LogP contribution in [0.5, 0.6) is 6.08 Å². The molecule has 0 bridgehead atoms. The predicted octanol–water partition coefficient (Wildman–Crippen LogP) is 1.52. The van der Waals surface area contributed by atoms with Gasteiger partial charge in [0.2, 0.25) is 17.5 Å². The Labute approximate surface area is 148 Å². The number of hydrogen-bond donors (Lipinski definition) is 1. The van der Waals surface area contributed by atoms with Gasteiger partial charge in [0.15, 0.2) is 0 Å². The highest BCUT2D eigenvalue weighted by molar-refractivity contribution is 5.99. The van der Waals surface area contributed by atoms with E-state index in [-0.39, 0.29) is 35.4 Å². The molecule has 8 nitrogen and oxygen atoms in total. The number of nitrogens with one attached hydrogen (secondary N) is 1. The number of nitrogens with zero attached hydrogens (tertiary/aromatic N) is 3. The van der Waals surface area contributed by atoms with Gasteiger partial charge in [0.25, 0.3) is 0 Å². The Hall–Kier alpha value is -1.96. The Bertz CT molecular complexity index is 581. The van der Waals surface area contributed by atoms with E-state index in [9.17, 15) is 9.59 Å². The SMILES string of the molecule is CC(C)CC(NC(=O)C1CCC1)C(=O)c1noc(OCCN(C)C)n1. The lowest BCUT2D eigenvalue weighted by molar-refractivity contribution is -0.127. The van der Waals surface area contributed by atoms with Crippen LogP contribution >= 0.6 is 0 Å². The van der Waals surface area contributed by atoms with Gasteiger partial charge < -0.3 is 15.0 Å². The highest BCUT2D eigenvalue weighted by Crippen LogP contribution is 2.26. The first-order valence-corrected chi connectivity index (χ1v) is 8.82. The molecule has 1 unspecified atom stereocenters. The summed E-state index contributed by atoms with van der Waals surface area (Å²) in [7, 11) is 3.85. The molecule has 2 rings (SSSR count). The van der Waals surface area contributed by atoms with Crippen LogP contribution in [0, 0.1) is 11.8 Å². The molecule has 1 aromatic heterocycles. The van der Waals surface area contributed by atoms with Crippen molar-refractivity contribution < 1.29 is 18.8 Å².